The second-order valence-corrected chi connectivity index (χ2v) is 12.3. The molecule has 1 aromatic carbocycles. The molecule has 1 aromatic rings. The standard InChI is InChI=1S/C34H55N3O11/c1-8-25(39)18-31(46-16-13-38)48-28-17-24(20-47-34(44)23(6)7)9-10-26(28)36-30(42)19-35-33(43)32(22(4)5)37-29(41)12-15-45-14-11-27(40)21(2)3/h9-10,17,21-23,25,31-32,38-39H,8,11-16,18-20H2,1-7H3,(H,35,43)(H,36,42)(H,37,41). The van der Waals surface area contributed by atoms with Gasteiger partial charge in [-0.25, -0.2) is 0 Å². The SMILES string of the molecule is CCC(O)CC(OCCO)Oc1cc(COC(=O)C(C)C)ccc1NC(=O)CNC(=O)C(NC(=O)CCOCCC(=O)C(C)C)C(C)C. The van der Waals surface area contributed by atoms with Crippen LogP contribution in [-0.4, -0.2) is 91.1 Å². The van der Waals surface area contributed by atoms with E-state index < -0.39 is 42.7 Å². The Bertz CT molecular complexity index is 1170. The molecule has 0 saturated heterocycles. The van der Waals surface area contributed by atoms with Crippen molar-refractivity contribution in [1.82, 2.24) is 10.6 Å². The number of aliphatic hydroxyl groups is 2. The van der Waals surface area contributed by atoms with Crippen molar-refractivity contribution in [3.05, 3.63) is 23.8 Å². The van der Waals surface area contributed by atoms with Crippen LogP contribution in [0.5, 0.6) is 5.75 Å². The molecule has 48 heavy (non-hydrogen) atoms. The normalized spacial score (nSPS) is 13.2. The Kier molecular flexibility index (Phi) is 20.2. The van der Waals surface area contributed by atoms with E-state index in [9.17, 15) is 34.2 Å². The number of carbonyl (C=O) groups excluding carboxylic acids is 5. The Morgan fingerprint density at radius 1 is 0.896 bits per heavy atom. The Morgan fingerprint density at radius 2 is 1.58 bits per heavy atom. The van der Waals surface area contributed by atoms with Gasteiger partial charge in [0.15, 0.2) is 0 Å². The van der Waals surface area contributed by atoms with Gasteiger partial charge in [-0.15, -0.1) is 0 Å². The maximum absolute atomic E-state index is 13.0. The van der Waals surface area contributed by atoms with Crippen LogP contribution in [-0.2, 0) is 44.8 Å². The van der Waals surface area contributed by atoms with Crippen molar-refractivity contribution < 1.29 is 53.1 Å². The molecule has 1 rings (SSSR count). The molecule has 0 spiro atoms. The van der Waals surface area contributed by atoms with Gasteiger partial charge >= 0.3 is 5.97 Å². The lowest BCUT2D eigenvalue weighted by molar-refractivity contribution is -0.148. The molecule has 0 aliphatic rings. The van der Waals surface area contributed by atoms with Crippen LogP contribution in [0.4, 0.5) is 5.69 Å². The number of carbonyl (C=O) groups is 5. The zero-order valence-electron chi connectivity index (χ0n) is 29.3. The van der Waals surface area contributed by atoms with E-state index in [2.05, 4.69) is 16.0 Å². The Balaban J connectivity index is 2.91. The number of hydrogen-bond acceptors (Lipinski definition) is 11. The van der Waals surface area contributed by atoms with Crippen LogP contribution in [0.3, 0.4) is 0 Å². The van der Waals surface area contributed by atoms with Crippen LogP contribution < -0.4 is 20.7 Å². The van der Waals surface area contributed by atoms with Crippen molar-refractivity contribution in [2.24, 2.45) is 17.8 Å². The monoisotopic (exact) mass is 681 g/mol. The molecule has 5 N–H and O–H groups in total. The highest BCUT2D eigenvalue weighted by molar-refractivity contribution is 5.97. The quantitative estimate of drug-likeness (QED) is 0.0610. The number of benzene rings is 1. The zero-order chi connectivity index (χ0) is 36.2. The fourth-order valence-corrected chi connectivity index (χ4v) is 4.02. The van der Waals surface area contributed by atoms with Crippen LogP contribution in [0.2, 0.25) is 0 Å². The third-order valence-corrected chi connectivity index (χ3v) is 7.06. The summed E-state index contributed by atoms with van der Waals surface area (Å²) >= 11 is 0. The molecule has 14 heteroatoms. The lowest BCUT2D eigenvalue weighted by Crippen LogP contribution is -2.51. The van der Waals surface area contributed by atoms with E-state index >= 15 is 0 Å². The average Bonchev–Trinajstić information content (AvgIpc) is 3.04. The molecule has 0 saturated carbocycles. The van der Waals surface area contributed by atoms with E-state index in [-0.39, 0.29) is 93.2 Å². The number of ether oxygens (including phenoxy) is 4. The topological polar surface area (TPSA) is 199 Å². The molecule has 3 unspecified atom stereocenters. The Hall–Kier alpha value is -3.59. The first kappa shape index (κ1) is 42.4. The second kappa shape index (κ2) is 22.9. The van der Waals surface area contributed by atoms with Gasteiger partial charge in [-0.2, -0.15) is 0 Å². The summed E-state index contributed by atoms with van der Waals surface area (Å²) in [6.07, 6.45) is -0.939. The van der Waals surface area contributed by atoms with Crippen LogP contribution in [0.25, 0.3) is 0 Å². The molecule has 0 radical (unpaired) electrons. The van der Waals surface area contributed by atoms with Gasteiger partial charge in [0.05, 0.1) is 50.7 Å². The van der Waals surface area contributed by atoms with Gasteiger partial charge in [-0.1, -0.05) is 54.5 Å². The second-order valence-electron chi connectivity index (χ2n) is 12.3. The summed E-state index contributed by atoms with van der Waals surface area (Å²) in [5.41, 5.74) is 0.785. The fourth-order valence-electron chi connectivity index (χ4n) is 4.02. The summed E-state index contributed by atoms with van der Waals surface area (Å²) in [6.45, 7) is 11.9. The number of aliphatic hydroxyl groups excluding tert-OH is 2. The van der Waals surface area contributed by atoms with E-state index in [0.29, 0.717) is 12.0 Å². The summed E-state index contributed by atoms with van der Waals surface area (Å²) in [5, 5.41) is 27.4. The van der Waals surface area contributed by atoms with Crippen LogP contribution in [0, 0.1) is 17.8 Å². The van der Waals surface area contributed by atoms with Crippen molar-refractivity contribution >= 4 is 35.2 Å². The van der Waals surface area contributed by atoms with Crippen LogP contribution >= 0.6 is 0 Å². The Labute approximate surface area is 283 Å². The van der Waals surface area contributed by atoms with E-state index in [1.807, 2.05) is 13.8 Å². The number of ketones is 1. The van der Waals surface area contributed by atoms with Crippen LogP contribution in [0.1, 0.15) is 79.7 Å². The molecule has 0 heterocycles. The third kappa shape index (κ3) is 17.0. The molecule has 0 bridgehead atoms. The van der Waals surface area contributed by atoms with Crippen LogP contribution in [0.15, 0.2) is 18.2 Å². The highest BCUT2D eigenvalue weighted by Gasteiger charge is 2.25. The minimum absolute atomic E-state index is 0.000590. The summed E-state index contributed by atoms with van der Waals surface area (Å²) in [4.78, 5) is 62.1. The minimum Gasteiger partial charge on any atom is -0.463 e. The lowest BCUT2D eigenvalue weighted by Gasteiger charge is -2.24. The number of anilines is 1. The molecule has 0 aromatic heterocycles. The fraction of sp³-hybridized carbons (Fsp3) is 0.676. The first-order valence-electron chi connectivity index (χ1n) is 16.5. The van der Waals surface area contributed by atoms with Gasteiger partial charge in [0, 0.05) is 25.2 Å². The number of hydrogen-bond donors (Lipinski definition) is 5. The molecule has 0 fully saturated rings. The van der Waals surface area contributed by atoms with E-state index in [1.54, 1.807) is 52.8 Å². The minimum atomic E-state index is -0.973. The number of nitrogens with one attached hydrogen (secondary N) is 3. The molecule has 3 atom stereocenters. The number of esters is 1. The van der Waals surface area contributed by atoms with Crippen molar-refractivity contribution in [1.29, 1.82) is 0 Å². The number of Topliss-reactive ketones (excluding diaryl/α,β-unsaturated/α-hetero) is 1. The predicted octanol–water partition coefficient (Wildman–Crippen LogP) is 2.48. The molecular weight excluding hydrogens is 626 g/mol. The van der Waals surface area contributed by atoms with Gasteiger partial charge in [0.1, 0.15) is 24.2 Å². The van der Waals surface area contributed by atoms with Gasteiger partial charge in [0.25, 0.3) is 0 Å². The first-order chi connectivity index (χ1) is 22.7. The van der Waals surface area contributed by atoms with Gasteiger partial charge in [-0.3, -0.25) is 24.0 Å². The summed E-state index contributed by atoms with van der Waals surface area (Å²) in [5.74, 6) is -2.40. The van der Waals surface area contributed by atoms with E-state index in [0.717, 1.165) is 0 Å². The van der Waals surface area contributed by atoms with Crippen molar-refractivity contribution in [2.45, 2.75) is 99.2 Å². The molecule has 3 amide bonds. The molecular formula is C34H55N3O11. The average molecular weight is 682 g/mol. The summed E-state index contributed by atoms with van der Waals surface area (Å²) in [7, 11) is 0. The largest absolute Gasteiger partial charge is 0.463 e. The van der Waals surface area contributed by atoms with Crippen molar-refractivity contribution in [3.8, 4) is 5.75 Å². The molecule has 0 aliphatic heterocycles. The highest BCUT2D eigenvalue weighted by atomic mass is 16.7. The third-order valence-electron chi connectivity index (χ3n) is 7.06. The summed E-state index contributed by atoms with van der Waals surface area (Å²) < 4.78 is 22.3. The van der Waals surface area contributed by atoms with Gasteiger partial charge in [-0.05, 0) is 30.0 Å². The van der Waals surface area contributed by atoms with E-state index in [4.69, 9.17) is 18.9 Å². The summed E-state index contributed by atoms with van der Waals surface area (Å²) in [6, 6.07) is 3.83. The van der Waals surface area contributed by atoms with Crippen molar-refractivity contribution in [2.75, 3.05) is 38.3 Å². The number of rotatable bonds is 24. The predicted molar refractivity (Wildman–Crippen MR) is 178 cm³/mol. The highest BCUT2D eigenvalue weighted by Crippen LogP contribution is 2.29. The van der Waals surface area contributed by atoms with E-state index in [1.165, 1.54) is 0 Å². The molecule has 0 aliphatic carbocycles. The number of amides is 3. The maximum Gasteiger partial charge on any atom is 0.308 e. The Morgan fingerprint density at radius 3 is 2.19 bits per heavy atom. The van der Waals surface area contributed by atoms with Gasteiger partial charge in [0.2, 0.25) is 24.0 Å². The van der Waals surface area contributed by atoms with Gasteiger partial charge < -0.3 is 45.1 Å². The molecule has 272 valence electrons. The molecule has 14 nitrogen and oxygen atoms in total. The van der Waals surface area contributed by atoms with Crippen molar-refractivity contribution in [3.63, 3.8) is 0 Å². The smallest absolute Gasteiger partial charge is 0.308 e. The zero-order valence-corrected chi connectivity index (χ0v) is 29.3. The first-order valence-corrected chi connectivity index (χ1v) is 16.5. The lowest BCUT2D eigenvalue weighted by atomic mass is 10.0. The maximum atomic E-state index is 13.0.